The van der Waals surface area contributed by atoms with Crippen molar-refractivity contribution in [3.05, 3.63) is 22.6 Å². The highest BCUT2D eigenvalue weighted by molar-refractivity contribution is 9.10. The Bertz CT molecular complexity index is 479. The molecule has 2 rings (SSSR count). The standard InChI is InChI=1S/C13H17BrFN3O2/c1-20-12(19)2-3-17-4-6-18(7-5-17)13-11(15)8-10(14)9-16-13/h8-9H,2-7H2,1H3. The number of carbonyl (C=O) groups excluding carboxylic acids is 1. The van der Waals surface area contributed by atoms with Gasteiger partial charge in [-0.25, -0.2) is 9.37 Å². The Hall–Kier alpha value is -1.21. The van der Waals surface area contributed by atoms with Crippen LogP contribution in [0.3, 0.4) is 0 Å². The summed E-state index contributed by atoms with van der Waals surface area (Å²) in [5.41, 5.74) is 0. The molecule has 0 saturated carbocycles. The lowest BCUT2D eigenvalue weighted by atomic mass is 10.2. The van der Waals surface area contributed by atoms with Crippen LogP contribution in [0.25, 0.3) is 0 Å². The van der Waals surface area contributed by atoms with E-state index in [1.807, 2.05) is 4.90 Å². The van der Waals surface area contributed by atoms with Crippen molar-refractivity contribution in [3.63, 3.8) is 0 Å². The second-order valence-corrected chi connectivity index (χ2v) is 5.53. The summed E-state index contributed by atoms with van der Waals surface area (Å²) in [7, 11) is 1.39. The minimum atomic E-state index is -0.317. The van der Waals surface area contributed by atoms with E-state index in [0.29, 0.717) is 36.3 Å². The zero-order valence-corrected chi connectivity index (χ0v) is 12.9. The summed E-state index contributed by atoms with van der Waals surface area (Å²) < 4.78 is 19.1. The maximum atomic E-state index is 13.8. The third kappa shape index (κ3) is 3.89. The van der Waals surface area contributed by atoms with Crippen molar-refractivity contribution in [1.29, 1.82) is 0 Å². The molecule has 20 heavy (non-hydrogen) atoms. The van der Waals surface area contributed by atoms with Gasteiger partial charge in [-0.15, -0.1) is 0 Å². The van der Waals surface area contributed by atoms with Gasteiger partial charge in [-0.2, -0.15) is 0 Å². The van der Waals surface area contributed by atoms with Crippen LogP contribution in [0, 0.1) is 5.82 Å². The Kier molecular flexibility index (Phi) is 5.31. The highest BCUT2D eigenvalue weighted by atomic mass is 79.9. The molecule has 1 aromatic rings. The second kappa shape index (κ2) is 6.99. The molecule has 2 heterocycles. The van der Waals surface area contributed by atoms with Crippen LogP contribution < -0.4 is 4.90 Å². The number of halogens is 2. The number of ether oxygens (including phenoxy) is 1. The number of hydrogen-bond donors (Lipinski definition) is 0. The van der Waals surface area contributed by atoms with E-state index in [0.717, 1.165) is 13.1 Å². The summed E-state index contributed by atoms with van der Waals surface area (Å²) in [5, 5.41) is 0. The number of esters is 1. The lowest BCUT2D eigenvalue weighted by Gasteiger charge is -2.35. The molecule has 0 amide bonds. The van der Waals surface area contributed by atoms with Gasteiger partial charge in [-0.05, 0) is 22.0 Å². The topological polar surface area (TPSA) is 45.7 Å². The van der Waals surface area contributed by atoms with E-state index in [4.69, 9.17) is 0 Å². The number of piperazine rings is 1. The number of pyridine rings is 1. The molecule has 0 bridgehead atoms. The first-order chi connectivity index (χ1) is 9.60. The summed E-state index contributed by atoms with van der Waals surface area (Å²) in [6, 6.07) is 1.42. The third-order valence-corrected chi connectivity index (χ3v) is 3.75. The molecule has 0 N–H and O–H groups in total. The highest BCUT2D eigenvalue weighted by Gasteiger charge is 2.21. The van der Waals surface area contributed by atoms with Crippen molar-refractivity contribution in [2.24, 2.45) is 0 Å². The molecule has 1 aliphatic rings. The summed E-state index contributed by atoms with van der Waals surface area (Å²) in [6.45, 7) is 3.65. The zero-order valence-electron chi connectivity index (χ0n) is 11.3. The van der Waals surface area contributed by atoms with Crippen LogP contribution >= 0.6 is 15.9 Å². The molecule has 1 saturated heterocycles. The quantitative estimate of drug-likeness (QED) is 0.776. The molecular formula is C13H17BrFN3O2. The third-order valence-electron chi connectivity index (χ3n) is 3.32. The SMILES string of the molecule is COC(=O)CCN1CCN(c2ncc(Br)cc2F)CC1. The molecule has 5 nitrogen and oxygen atoms in total. The number of rotatable bonds is 4. The molecule has 1 fully saturated rings. The molecule has 0 aromatic carbocycles. The summed E-state index contributed by atoms with van der Waals surface area (Å²) >= 11 is 3.20. The van der Waals surface area contributed by atoms with Gasteiger partial charge in [0, 0.05) is 43.4 Å². The highest BCUT2D eigenvalue weighted by Crippen LogP contribution is 2.21. The number of methoxy groups -OCH3 is 1. The van der Waals surface area contributed by atoms with E-state index in [-0.39, 0.29) is 11.8 Å². The summed E-state index contributed by atoms with van der Waals surface area (Å²) in [4.78, 5) is 19.3. The molecule has 0 spiro atoms. The van der Waals surface area contributed by atoms with Gasteiger partial charge in [0.05, 0.1) is 13.5 Å². The average Bonchev–Trinajstić information content (AvgIpc) is 2.45. The summed E-state index contributed by atoms with van der Waals surface area (Å²) in [6.07, 6.45) is 1.99. The van der Waals surface area contributed by atoms with Gasteiger partial charge >= 0.3 is 5.97 Å². The van der Waals surface area contributed by atoms with E-state index in [1.165, 1.54) is 13.2 Å². The lowest BCUT2D eigenvalue weighted by molar-refractivity contribution is -0.141. The van der Waals surface area contributed by atoms with Crippen LogP contribution in [-0.2, 0) is 9.53 Å². The lowest BCUT2D eigenvalue weighted by Crippen LogP contribution is -2.47. The maximum absolute atomic E-state index is 13.8. The number of hydrogen-bond acceptors (Lipinski definition) is 5. The Balaban J connectivity index is 1.86. The average molecular weight is 346 g/mol. The van der Waals surface area contributed by atoms with E-state index < -0.39 is 0 Å². The van der Waals surface area contributed by atoms with Gasteiger partial charge in [0.25, 0.3) is 0 Å². The van der Waals surface area contributed by atoms with Crippen molar-refractivity contribution in [1.82, 2.24) is 9.88 Å². The molecule has 0 radical (unpaired) electrons. The van der Waals surface area contributed by atoms with Crippen LogP contribution in [0.1, 0.15) is 6.42 Å². The fourth-order valence-electron chi connectivity index (χ4n) is 2.17. The Morgan fingerprint density at radius 3 is 2.75 bits per heavy atom. The monoisotopic (exact) mass is 345 g/mol. The number of aromatic nitrogens is 1. The minimum Gasteiger partial charge on any atom is -0.469 e. The van der Waals surface area contributed by atoms with Crippen molar-refractivity contribution in [2.75, 3.05) is 44.7 Å². The van der Waals surface area contributed by atoms with Crippen molar-refractivity contribution < 1.29 is 13.9 Å². The Morgan fingerprint density at radius 1 is 1.45 bits per heavy atom. The van der Waals surface area contributed by atoms with Crippen LogP contribution in [0.2, 0.25) is 0 Å². The zero-order chi connectivity index (χ0) is 14.5. The molecule has 0 atom stereocenters. The van der Waals surface area contributed by atoms with E-state index in [9.17, 15) is 9.18 Å². The smallest absolute Gasteiger partial charge is 0.306 e. The first kappa shape index (κ1) is 15.2. The number of anilines is 1. The number of nitrogens with zero attached hydrogens (tertiary/aromatic N) is 3. The van der Waals surface area contributed by atoms with Gasteiger partial charge < -0.3 is 9.64 Å². The van der Waals surface area contributed by atoms with Gasteiger partial charge in [-0.3, -0.25) is 9.69 Å². The van der Waals surface area contributed by atoms with E-state index in [1.54, 1.807) is 6.20 Å². The molecular weight excluding hydrogens is 329 g/mol. The van der Waals surface area contributed by atoms with Crippen LogP contribution in [0.4, 0.5) is 10.2 Å². The molecule has 1 aromatic heterocycles. The van der Waals surface area contributed by atoms with Crippen LogP contribution in [0.15, 0.2) is 16.7 Å². The Labute approximate surface area is 125 Å². The number of carbonyl (C=O) groups is 1. The normalized spacial score (nSPS) is 16.2. The van der Waals surface area contributed by atoms with Crippen LogP contribution in [-0.4, -0.2) is 55.7 Å². The van der Waals surface area contributed by atoms with Gasteiger partial charge in [-0.1, -0.05) is 0 Å². The predicted molar refractivity (Wildman–Crippen MR) is 77.2 cm³/mol. The van der Waals surface area contributed by atoms with Crippen molar-refractivity contribution in [3.8, 4) is 0 Å². The maximum Gasteiger partial charge on any atom is 0.306 e. The molecule has 1 aliphatic heterocycles. The molecule has 0 unspecified atom stereocenters. The summed E-state index contributed by atoms with van der Waals surface area (Å²) in [5.74, 6) is -0.128. The molecule has 110 valence electrons. The van der Waals surface area contributed by atoms with Gasteiger partial charge in [0.1, 0.15) is 0 Å². The largest absolute Gasteiger partial charge is 0.469 e. The minimum absolute atomic E-state index is 0.201. The van der Waals surface area contributed by atoms with Gasteiger partial charge in [0.15, 0.2) is 11.6 Å². The Morgan fingerprint density at radius 2 is 2.15 bits per heavy atom. The molecule has 0 aliphatic carbocycles. The first-order valence-corrected chi connectivity index (χ1v) is 7.24. The second-order valence-electron chi connectivity index (χ2n) is 4.61. The van der Waals surface area contributed by atoms with Gasteiger partial charge in [0.2, 0.25) is 0 Å². The van der Waals surface area contributed by atoms with E-state index >= 15 is 0 Å². The van der Waals surface area contributed by atoms with Crippen molar-refractivity contribution in [2.45, 2.75) is 6.42 Å². The molecule has 7 heteroatoms. The van der Waals surface area contributed by atoms with E-state index in [2.05, 4.69) is 30.6 Å². The van der Waals surface area contributed by atoms with Crippen molar-refractivity contribution >= 4 is 27.7 Å². The first-order valence-electron chi connectivity index (χ1n) is 6.45. The fourth-order valence-corrected chi connectivity index (χ4v) is 2.48. The van der Waals surface area contributed by atoms with Crippen LogP contribution in [0.5, 0.6) is 0 Å². The predicted octanol–water partition coefficient (Wildman–Crippen LogP) is 1.67. The fraction of sp³-hybridized carbons (Fsp3) is 0.538.